The van der Waals surface area contributed by atoms with Crippen molar-refractivity contribution in [3.05, 3.63) is 35.0 Å². The molecule has 23 heavy (non-hydrogen) atoms. The predicted molar refractivity (Wildman–Crippen MR) is 90.6 cm³/mol. The Morgan fingerprint density at radius 2 is 2.26 bits per heavy atom. The number of H-pyrrole nitrogens is 1. The fraction of sp³-hybridized carbons (Fsp3) is 0.526. The summed E-state index contributed by atoms with van der Waals surface area (Å²) in [5.74, 6) is 0.336. The third kappa shape index (κ3) is 2.12. The van der Waals surface area contributed by atoms with Crippen molar-refractivity contribution in [3.8, 4) is 0 Å². The van der Waals surface area contributed by atoms with E-state index in [4.69, 9.17) is 4.74 Å². The van der Waals surface area contributed by atoms with Gasteiger partial charge in [0, 0.05) is 35.1 Å². The summed E-state index contributed by atoms with van der Waals surface area (Å²) < 4.78 is 5.04. The number of aryl methyl sites for hydroxylation is 1. The van der Waals surface area contributed by atoms with E-state index in [0.29, 0.717) is 12.0 Å². The van der Waals surface area contributed by atoms with Crippen LogP contribution in [-0.4, -0.2) is 42.1 Å². The molecule has 2 heterocycles. The number of piperidine rings is 1. The van der Waals surface area contributed by atoms with Crippen LogP contribution in [0.3, 0.4) is 0 Å². The van der Waals surface area contributed by atoms with Gasteiger partial charge in [0.2, 0.25) is 0 Å². The number of nitrogens with zero attached hydrogens (tertiary/aromatic N) is 1. The Labute approximate surface area is 136 Å². The maximum Gasteiger partial charge on any atom is 0.309 e. The van der Waals surface area contributed by atoms with E-state index < -0.39 is 0 Å². The quantitative estimate of drug-likeness (QED) is 0.867. The molecule has 0 amide bonds. The number of esters is 1. The van der Waals surface area contributed by atoms with Crippen LogP contribution in [0.25, 0.3) is 10.9 Å². The number of benzene rings is 1. The van der Waals surface area contributed by atoms with Crippen molar-refractivity contribution >= 4 is 16.9 Å². The second-order valence-electron chi connectivity index (χ2n) is 6.92. The minimum atomic E-state index is -0.0647. The molecular formula is C19H24N2O2. The van der Waals surface area contributed by atoms with Gasteiger partial charge in [0.25, 0.3) is 0 Å². The smallest absolute Gasteiger partial charge is 0.309 e. The molecule has 1 fully saturated rings. The Kier molecular flexibility index (Phi) is 3.45. The van der Waals surface area contributed by atoms with Crippen LogP contribution in [0.1, 0.15) is 36.1 Å². The zero-order valence-corrected chi connectivity index (χ0v) is 14.1. The molecule has 1 aliphatic carbocycles. The topological polar surface area (TPSA) is 45.3 Å². The van der Waals surface area contributed by atoms with Gasteiger partial charge in [-0.1, -0.05) is 19.1 Å². The molecule has 4 rings (SSSR count). The van der Waals surface area contributed by atoms with Gasteiger partial charge in [-0.2, -0.15) is 0 Å². The number of likely N-dealkylation sites (tertiary alicyclic amines) is 1. The SMILES string of the molecule is CCN1C[C@@H](C(=O)OC)CC2c3cccc4[nH]c(C)c(c34)C[C@H]21. The van der Waals surface area contributed by atoms with Gasteiger partial charge in [0.1, 0.15) is 0 Å². The van der Waals surface area contributed by atoms with Gasteiger partial charge in [-0.15, -0.1) is 0 Å². The third-order valence-electron chi connectivity index (χ3n) is 5.85. The lowest BCUT2D eigenvalue weighted by Gasteiger charge is -2.46. The molecule has 1 aromatic carbocycles. The highest BCUT2D eigenvalue weighted by Gasteiger charge is 2.42. The second kappa shape index (κ2) is 5.38. The monoisotopic (exact) mass is 312 g/mol. The van der Waals surface area contributed by atoms with E-state index in [-0.39, 0.29) is 11.9 Å². The molecular weight excluding hydrogens is 288 g/mol. The van der Waals surface area contributed by atoms with Gasteiger partial charge in [-0.05, 0) is 43.5 Å². The van der Waals surface area contributed by atoms with E-state index in [0.717, 1.165) is 25.9 Å². The Morgan fingerprint density at radius 3 is 3.00 bits per heavy atom. The Bertz CT molecular complexity index is 764. The fourth-order valence-electron chi connectivity index (χ4n) is 4.77. The molecule has 4 heteroatoms. The van der Waals surface area contributed by atoms with E-state index >= 15 is 0 Å². The van der Waals surface area contributed by atoms with Crippen molar-refractivity contribution in [3.63, 3.8) is 0 Å². The van der Waals surface area contributed by atoms with Crippen LogP contribution in [0, 0.1) is 12.8 Å². The highest BCUT2D eigenvalue weighted by atomic mass is 16.5. The Balaban J connectivity index is 1.83. The summed E-state index contributed by atoms with van der Waals surface area (Å²) in [5.41, 5.74) is 5.39. The zero-order chi connectivity index (χ0) is 16.1. The van der Waals surface area contributed by atoms with Crippen LogP contribution in [0.4, 0.5) is 0 Å². The van der Waals surface area contributed by atoms with Crippen molar-refractivity contribution in [2.75, 3.05) is 20.2 Å². The average molecular weight is 312 g/mol. The van der Waals surface area contributed by atoms with Crippen molar-refractivity contribution < 1.29 is 9.53 Å². The van der Waals surface area contributed by atoms with Crippen molar-refractivity contribution in [1.29, 1.82) is 0 Å². The van der Waals surface area contributed by atoms with Crippen LogP contribution in [0.15, 0.2) is 18.2 Å². The van der Waals surface area contributed by atoms with Crippen LogP contribution in [-0.2, 0) is 16.0 Å². The summed E-state index contributed by atoms with van der Waals surface area (Å²) in [6.07, 6.45) is 1.98. The molecule has 0 saturated carbocycles. The Hall–Kier alpha value is -1.81. The molecule has 122 valence electrons. The summed E-state index contributed by atoms with van der Waals surface area (Å²) in [4.78, 5) is 18.2. The number of carbonyl (C=O) groups excluding carboxylic acids is 1. The molecule has 0 bridgehead atoms. The second-order valence-corrected chi connectivity index (χ2v) is 6.92. The van der Waals surface area contributed by atoms with Crippen LogP contribution in [0.2, 0.25) is 0 Å². The number of fused-ring (bicyclic) bond motifs is 2. The molecule has 1 unspecified atom stereocenters. The predicted octanol–water partition coefficient (Wildman–Crippen LogP) is 3.00. The van der Waals surface area contributed by atoms with E-state index in [2.05, 4.69) is 41.9 Å². The average Bonchev–Trinajstić information content (AvgIpc) is 2.90. The lowest BCUT2D eigenvalue weighted by atomic mass is 9.72. The van der Waals surface area contributed by atoms with Gasteiger partial charge >= 0.3 is 5.97 Å². The number of likely N-dealkylation sites (N-methyl/N-ethyl adjacent to an activating group) is 1. The lowest BCUT2D eigenvalue weighted by molar-refractivity contribution is -0.148. The van der Waals surface area contributed by atoms with Gasteiger partial charge in [0.15, 0.2) is 0 Å². The number of hydrogen-bond acceptors (Lipinski definition) is 3. The molecule has 4 nitrogen and oxygen atoms in total. The summed E-state index contributed by atoms with van der Waals surface area (Å²) in [5, 5.41) is 1.40. The van der Waals surface area contributed by atoms with Crippen LogP contribution >= 0.6 is 0 Å². The van der Waals surface area contributed by atoms with E-state index in [9.17, 15) is 4.79 Å². The molecule has 0 radical (unpaired) electrons. The molecule has 2 aliphatic rings. The summed E-state index contributed by atoms with van der Waals surface area (Å²) in [6.45, 7) is 6.16. The summed E-state index contributed by atoms with van der Waals surface area (Å²) in [7, 11) is 1.50. The number of rotatable bonds is 2. The third-order valence-corrected chi connectivity index (χ3v) is 5.85. The maximum absolute atomic E-state index is 12.1. The number of aromatic amines is 1. The fourth-order valence-corrected chi connectivity index (χ4v) is 4.77. The number of hydrogen-bond donors (Lipinski definition) is 1. The molecule has 1 aromatic heterocycles. The van der Waals surface area contributed by atoms with Crippen LogP contribution in [0.5, 0.6) is 0 Å². The number of methoxy groups -OCH3 is 1. The highest BCUT2D eigenvalue weighted by molar-refractivity contribution is 5.89. The van der Waals surface area contributed by atoms with Crippen molar-refractivity contribution in [2.45, 2.75) is 38.6 Å². The first-order chi connectivity index (χ1) is 11.1. The first-order valence-electron chi connectivity index (χ1n) is 8.56. The lowest BCUT2D eigenvalue weighted by Crippen LogP contribution is -2.51. The minimum Gasteiger partial charge on any atom is -0.469 e. The molecule has 1 N–H and O–H groups in total. The first-order valence-corrected chi connectivity index (χ1v) is 8.56. The largest absolute Gasteiger partial charge is 0.469 e. The van der Waals surface area contributed by atoms with Gasteiger partial charge in [0.05, 0.1) is 13.0 Å². The number of carbonyl (C=O) groups is 1. The normalized spacial score (nSPS) is 27.0. The standard InChI is InChI=1S/C19H24N2O2/c1-4-21-10-12(19(22)23-3)8-15-13-6-5-7-16-18(13)14(9-17(15)21)11(2)20-16/h5-7,12,15,17,20H,4,8-10H2,1-3H3/t12-,15?,17+/m0/s1. The maximum atomic E-state index is 12.1. The number of nitrogens with one attached hydrogen (secondary N) is 1. The molecule has 3 atom stereocenters. The van der Waals surface area contributed by atoms with E-state index in [1.807, 2.05) is 0 Å². The van der Waals surface area contributed by atoms with E-state index in [1.165, 1.54) is 34.8 Å². The van der Waals surface area contributed by atoms with Gasteiger partial charge in [-0.3, -0.25) is 9.69 Å². The van der Waals surface area contributed by atoms with Crippen molar-refractivity contribution in [1.82, 2.24) is 9.88 Å². The number of aromatic nitrogens is 1. The van der Waals surface area contributed by atoms with E-state index in [1.54, 1.807) is 0 Å². The summed E-state index contributed by atoms with van der Waals surface area (Å²) >= 11 is 0. The van der Waals surface area contributed by atoms with Gasteiger partial charge < -0.3 is 9.72 Å². The molecule has 2 aromatic rings. The highest BCUT2D eigenvalue weighted by Crippen LogP contribution is 2.45. The van der Waals surface area contributed by atoms with Crippen LogP contribution < -0.4 is 0 Å². The molecule has 1 saturated heterocycles. The summed E-state index contributed by atoms with van der Waals surface area (Å²) in [6, 6.07) is 7.04. The van der Waals surface area contributed by atoms with Crippen molar-refractivity contribution in [2.24, 2.45) is 5.92 Å². The van der Waals surface area contributed by atoms with Gasteiger partial charge in [-0.25, -0.2) is 0 Å². The molecule has 1 aliphatic heterocycles. The minimum absolute atomic E-state index is 0.0157. The zero-order valence-electron chi connectivity index (χ0n) is 14.1. The first kappa shape index (κ1) is 14.8. The number of ether oxygens (including phenoxy) is 1. The Morgan fingerprint density at radius 1 is 1.43 bits per heavy atom. The molecule has 0 spiro atoms.